The fraction of sp³-hybridized carbons (Fsp3) is 0.200. The van der Waals surface area contributed by atoms with Gasteiger partial charge in [0.15, 0.2) is 0 Å². The minimum absolute atomic E-state index is 0.0750. The molecule has 0 atom stereocenters. The van der Waals surface area contributed by atoms with E-state index in [1.165, 1.54) is 30.3 Å². The van der Waals surface area contributed by atoms with Gasteiger partial charge < -0.3 is 10.4 Å². The lowest BCUT2D eigenvalue weighted by Crippen LogP contribution is -2.45. The number of nitrogens with one attached hydrogen (secondary N) is 1. The Balaban J connectivity index is 1.93. The summed E-state index contributed by atoms with van der Waals surface area (Å²) in [4.78, 5) is 50.3. The van der Waals surface area contributed by atoms with Gasteiger partial charge in [-0.1, -0.05) is 15.9 Å². The molecule has 0 spiro atoms. The molecule has 0 radical (unpaired) electrons. The zero-order valence-corrected chi connectivity index (χ0v) is 17.0. The third-order valence-electron chi connectivity index (χ3n) is 4.28. The predicted molar refractivity (Wildman–Crippen MR) is 106 cm³/mol. The topological polar surface area (TPSA) is 104 Å². The first kappa shape index (κ1) is 19.8. The van der Waals surface area contributed by atoms with Gasteiger partial charge in [0.1, 0.15) is 0 Å². The summed E-state index contributed by atoms with van der Waals surface area (Å²) in [6, 6.07) is 8.68. The molecule has 2 aromatic rings. The van der Waals surface area contributed by atoms with E-state index in [-0.39, 0.29) is 27.9 Å². The normalized spacial score (nSPS) is 13.5. The van der Waals surface area contributed by atoms with Crippen molar-refractivity contribution in [2.45, 2.75) is 26.3 Å². The molecule has 0 aromatic heterocycles. The second-order valence-electron chi connectivity index (χ2n) is 7.33. The maximum atomic E-state index is 12.7. The largest absolute Gasteiger partial charge is 0.478 e. The minimum atomic E-state index is -1.19. The molecule has 28 heavy (non-hydrogen) atoms. The Labute approximate surface area is 169 Å². The third kappa shape index (κ3) is 3.43. The second kappa shape index (κ2) is 6.87. The molecule has 0 unspecified atom stereocenters. The van der Waals surface area contributed by atoms with E-state index in [1.54, 1.807) is 26.8 Å². The summed E-state index contributed by atoms with van der Waals surface area (Å²) in [5, 5.41) is 11.9. The Bertz CT molecular complexity index is 1040. The number of carboxylic acid groups (broad SMARTS) is 1. The number of carboxylic acids is 1. The van der Waals surface area contributed by atoms with E-state index in [0.29, 0.717) is 4.47 Å². The van der Waals surface area contributed by atoms with Crippen LogP contribution in [0.25, 0.3) is 0 Å². The van der Waals surface area contributed by atoms with Gasteiger partial charge in [-0.15, -0.1) is 0 Å². The fourth-order valence-electron chi connectivity index (χ4n) is 2.99. The van der Waals surface area contributed by atoms with Crippen LogP contribution < -0.4 is 5.32 Å². The fourth-order valence-corrected chi connectivity index (χ4v) is 3.35. The molecule has 0 saturated heterocycles. The summed E-state index contributed by atoms with van der Waals surface area (Å²) in [6.45, 7) is 5.26. The number of nitrogens with zero attached hydrogens (tertiary/aromatic N) is 1. The molecule has 3 rings (SSSR count). The summed E-state index contributed by atoms with van der Waals surface area (Å²) in [7, 11) is 0. The Morgan fingerprint density at radius 3 is 2.25 bits per heavy atom. The molecular formula is C20H17BrN2O5. The number of aromatic carboxylic acids is 1. The van der Waals surface area contributed by atoms with Crippen molar-refractivity contribution in [2.75, 3.05) is 5.32 Å². The van der Waals surface area contributed by atoms with Crippen LogP contribution in [0, 0.1) is 0 Å². The number of rotatable bonds is 3. The van der Waals surface area contributed by atoms with Crippen LogP contribution in [0.1, 0.15) is 62.2 Å². The lowest BCUT2D eigenvalue weighted by Gasteiger charge is -2.29. The van der Waals surface area contributed by atoms with Crippen LogP contribution in [0.3, 0.4) is 0 Å². The standard InChI is InChI=1S/C20H17BrN2O5/c1-20(2,3)23-17(25)12-6-4-10(8-13(12)18(23)26)16(24)22-15-7-5-11(21)9-14(15)19(27)28/h4-9H,1-3H3,(H,22,24)(H,27,28). The van der Waals surface area contributed by atoms with Gasteiger partial charge in [-0.25, -0.2) is 4.79 Å². The number of hydrogen-bond donors (Lipinski definition) is 2. The second-order valence-corrected chi connectivity index (χ2v) is 8.24. The molecule has 144 valence electrons. The SMILES string of the molecule is CC(C)(C)N1C(=O)c2ccc(C(=O)Nc3ccc(Br)cc3C(=O)O)cc2C1=O. The van der Waals surface area contributed by atoms with Crippen molar-refractivity contribution in [1.29, 1.82) is 0 Å². The van der Waals surface area contributed by atoms with Gasteiger partial charge in [0, 0.05) is 15.6 Å². The maximum Gasteiger partial charge on any atom is 0.337 e. The quantitative estimate of drug-likeness (QED) is 0.700. The van der Waals surface area contributed by atoms with E-state index in [2.05, 4.69) is 21.2 Å². The number of anilines is 1. The molecule has 3 amide bonds. The summed E-state index contributed by atoms with van der Waals surface area (Å²) in [5.41, 5.74) is -0.0965. The predicted octanol–water partition coefficient (Wildman–Crippen LogP) is 3.79. The molecule has 0 aliphatic carbocycles. The van der Waals surface area contributed by atoms with Crippen molar-refractivity contribution in [2.24, 2.45) is 0 Å². The number of imide groups is 1. The number of carbonyl (C=O) groups is 4. The zero-order valence-electron chi connectivity index (χ0n) is 15.4. The molecule has 2 aromatic carbocycles. The number of hydrogen-bond acceptors (Lipinski definition) is 4. The first-order valence-corrected chi connectivity index (χ1v) is 9.17. The van der Waals surface area contributed by atoms with Gasteiger partial charge in [0.2, 0.25) is 0 Å². The van der Waals surface area contributed by atoms with Crippen LogP contribution in [-0.4, -0.2) is 39.2 Å². The van der Waals surface area contributed by atoms with E-state index in [4.69, 9.17) is 0 Å². The molecule has 7 nitrogen and oxygen atoms in total. The van der Waals surface area contributed by atoms with Crippen LogP contribution in [0.4, 0.5) is 5.69 Å². The first-order valence-electron chi connectivity index (χ1n) is 8.38. The Morgan fingerprint density at radius 2 is 1.64 bits per heavy atom. The molecule has 1 heterocycles. The Kier molecular flexibility index (Phi) is 4.84. The van der Waals surface area contributed by atoms with E-state index in [1.807, 2.05) is 0 Å². The summed E-state index contributed by atoms with van der Waals surface area (Å²) >= 11 is 3.19. The lowest BCUT2D eigenvalue weighted by atomic mass is 10.0. The number of fused-ring (bicyclic) bond motifs is 1. The van der Waals surface area contributed by atoms with Gasteiger partial charge in [-0.3, -0.25) is 19.3 Å². The molecular weight excluding hydrogens is 428 g/mol. The monoisotopic (exact) mass is 444 g/mol. The van der Waals surface area contributed by atoms with Crippen LogP contribution in [0.5, 0.6) is 0 Å². The van der Waals surface area contributed by atoms with E-state index in [9.17, 15) is 24.3 Å². The van der Waals surface area contributed by atoms with Gasteiger partial charge in [-0.05, 0) is 57.2 Å². The first-order chi connectivity index (χ1) is 13.0. The highest BCUT2D eigenvalue weighted by Crippen LogP contribution is 2.30. The van der Waals surface area contributed by atoms with Crippen LogP contribution >= 0.6 is 15.9 Å². The number of amides is 3. The van der Waals surface area contributed by atoms with Gasteiger partial charge in [0.05, 0.1) is 22.4 Å². The third-order valence-corrected chi connectivity index (χ3v) is 4.77. The van der Waals surface area contributed by atoms with E-state index >= 15 is 0 Å². The van der Waals surface area contributed by atoms with E-state index < -0.39 is 29.2 Å². The minimum Gasteiger partial charge on any atom is -0.478 e. The highest BCUT2D eigenvalue weighted by molar-refractivity contribution is 9.10. The molecule has 0 bridgehead atoms. The van der Waals surface area contributed by atoms with Crippen molar-refractivity contribution in [3.8, 4) is 0 Å². The smallest absolute Gasteiger partial charge is 0.337 e. The highest BCUT2D eigenvalue weighted by atomic mass is 79.9. The van der Waals surface area contributed by atoms with Gasteiger partial charge in [0.25, 0.3) is 17.7 Å². The molecule has 0 fully saturated rings. The summed E-state index contributed by atoms with van der Waals surface area (Å²) in [6.07, 6.45) is 0. The maximum absolute atomic E-state index is 12.7. The van der Waals surface area contributed by atoms with Crippen LogP contribution in [0.2, 0.25) is 0 Å². The van der Waals surface area contributed by atoms with Crippen molar-refractivity contribution in [3.63, 3.8) is 0 Å². The molecule has 1 aliphatic rings. The van der Waals surface area contributed by atoms with Crippen LogP contribution in [0.15, 0.2) is 40.9 Å². The van der Waals surface area contributed by atoms with Crippen molar-refractivity contribution in [3.05, 3.63) is 63.1 Å². The van der Waals surface area contributed by atoms with Crippen molar-refractivity contribution in [1.82, 2.24) is 4.90 Å². The molecule has 0 saturated carbocycles. The average Bonchev–Trinajstić information content (AvgIpc) is 2.86. The summed E-state index contributed by atoms with van der Waals surface area (Å²) in [5.74, 6) is -2.63. The molecule has 2 N–H and O–H groups in total. The van der Waals surface area contributed by atoms with Crippen molar-refractivity contribution >= 4 is 45.3 Å². The number of carbonyl (C=O) groups excluding carboxylic acids is 3. The average molecular weight is 445 g/mol. The van der Waals surface area contributed by atoms with Crippen molar-refractivity contribution < 1.29 is 24.3 Å². The zero-order chi connectivity index (χ0) is 20.8. The number of halogens is 1. The summed E-state index contributed by atoms with van der Waals surface area (Å²) < 4.78 is 0.562. The molecule has 8 heteroatoms. The Hall–Kier alpha value is -3.00. The van der Waals surface area contributed by atoms with E-state index in [0.717, 1.165) is 4.90 Å². The highest BCUT2D eigenvalue weighted by Gasteiger charge is 2.42. The van der Waals surface area contributed by atoms with Crippen LogP contribution in [-0.2, 0) is 0 Å². The van der Waals surface area contributed by atoms with Gasteiger partial charge in [-0.2, -0.15) is 0 Å². The van der Waals surface area contributed by atoms with Gasteiger partial charge >= 0.3 is 5.97 Å². The Morgan fingerprint density at radius 1 is 1.00 bits per heavy atom. The number of benzene rings is 2. The lowest BCUT2D eigenvalue weighted by molar-refractivity contribution is 0.0506. The molecule has 1 aliphatic heterocycles.